The maximum Gasteiger partial charge on any atom is 0.407 e. The van der Waals surface area contributed by atoms with E-state index in [-0.39, 0.29) is 24.4 Å². The molecule has 2 aromatic heterocycles. The van der Waals surface area contributed by atoms with Crippen LogP contribution < -0.4 is 27.5 Å². The average Bonchev–Trinajstić information content (AvgIpc) is 3.79. The number of nitrogens with two attached hydrogens (primary N) is 2. The minimum atomic E-state index is -0.522. The lowest BCUT2D eigenvalue weighted by molar-refractivity contribution is -0.122. The maximum atomic E-state index is 12.3. The molecule has 3 heterocycles. The molecule has 1 aliphatic rings. The van der Waals surface area contributed by atoms with Gasteiger partial charge in [-0.2, -0.15) is 4.98 Å². The monoisotopic (exact) mass is 863 g/mol. The van der Waals surface area contributed by atoms with Gasteiger partial charge in [-0.05, 0) is 39.7 Å². The number of nitrogens with zero attached hydrogens (tertiary/aromatic N) is 4. The lowest BCUT2D eigenvalue weighted by atomic mass is 9.98. The quantitative estimate of drug-likeness (QED) is 0.0435. The van der Waals surface area contributed by atoms with Crippen molar-refractivity contribution in [3.63, 3.8) is 0 Å². The lowest BCUT2D eigenvalue weighted by Crippen LogP contribution is -2.34. The molecule has 1 aliphatic heterocycles. The molecule has 21 heteroatoms. The van der Waals surface area contributed by atoms with Gasteiger partial charge in [0.1, 0.15) is 23.3 Å². The Kier molecular flexibility index (Phi) is 22.8. The number of amides is 2. The van der Waals surface area contributed by atoms with Crippen molar-refractivity contribution in [1.29, 1.82) is 0 Å². The Bertz CT molecular complexity index is 1700. The van der Waals surface area contributed by atoms with Crippen LogP contribution in [0.5, 0.6) is 0 Å². The van der Waals surface area contributed by atoms with Crippen molar-refractivity contribution in [2.75, 3.05) is 142 Å². The molecular weight excluding hydrogens is 798 g/mol. The molecule has 1 atom stereocenters. The normalized spacial score (nSPS) is 14.0. The predicted octanol–water partition coefficient (Wildman–Crippen LogP) is 2.46. The molecule has 0 saturated heterocycles. The molecular formula is C40H65N9O12. The number of aromatic nitrogens is 3. The van der Waals surface area contributed by atoms with E-state index in [0.29, 0.717) is 142 Å². The number of nitrogens with one attached hydrogen (secondary N) is 3. The molecule has 1 unspecified atom stereocenters. The number of anilines is 3. The zero-order chi connectivity index (χ0) is 43.5. The van der Waals surface area contributed by atoms with Gasteiger partial charge in [0.05, 0.1) is 117 Å². The van der Waals surface area contributed by atoms with Gasteiger partial charge in [-0.25, -0.2) is 19.8 Å². The van der Waals surface area contributed by atoms with Gasteiger partial charge < -0.3 is 74.6 Å². The first-order chi connectivity index (χ1) is 29.6. The molecule has 1 aromatic carbocycles. The van der Waals surface area contributed by atoms with Crippen LogP contribution in [-0.2, 0) is 47.4 Å². The fourth-order valence-corrected chi connectivity index (χ4v) is 5.88. The summed E-state index contributed by atoms with van der Waals surface area (Å²) in [5.41, 5.74) is 18.4. The molecule has 4 rings (SSSR count). The topological polar surface area (TPSA) is 260 Å². The molecule has 7 N–H and O–H groups in total. The van der Waals surface area contributed by atoms with Crippen molar-refractivity contribution in [2.45, 2.75) is 51.7 Å². The molecule has 0 saturated carbocycles. The van der Waals surface area contributed by atoms with E-state index in [1.807, 2.05) is 32.9 Å². The summed E-state index contributed by atoms with van der Waals surface area (Å²) >= 11 is 0. The number of fused-ring (bicyclic) bond motifs is 2. The van der Waals surface area contributed by atoms with E-state index in [4.69, 9.17) is 58.5 Å². The third-order valence-electron chi connectivity index (χ3n) is 8.68. The Labute approximate surface area is 357 Å². The van der Waals surface area contributed by atoms with E-state index in [0.717, 1.165) is 29.8 Å². The van der Waals surface area contributed by atoms with Crippen LogP contribution in [0.2, 0.25) is 0 Å². The highest BCUT2D eigenvalue weighted by atomic mass is 16.6. The number of alkyl carbamates (subject to hydrolysis) is 1. The average molecular weight is 864 g/mol. The summed E-state index contributed by atoms with van der Waals surface area (Å²) in [6.07, 6.45) is 4.67. The van der Waals surface area contributed by atoms with Crippen LogP contribution in [0.3, 0.4) is 0 Å². The summed E-state index contributed by atoms with van der Waals surface area (Å²) in [6, 6.07) is 3.55. The smallest absolute Gasteiger partial charge is 0.407 e. The maximum absolute atomic E-state index is 12.3. The number of carbonyl (C=O) groups is 2. The van der Waals surface area contributed by atoms with Crippen molar-refractivity contribution in [2.24, 2.45) is 0 Å². The number of carbonyl (C=O) groups excluding carboxylic acids is 2. The van der Waals surface area contributed by atoms with Crippen LogP contribution in [0.1, 0.15) is 57.2 Å². The second-order valence-corrected chi connectivity index (χ2v) is 14.6. The highest BCUT2D eigenvalue weighted by Gasteiger charge is 2.34. The summed E-state index contributed by atoms with van der Waals surface area (Å²) < 4.78 is 54.5. The van der Waals surface area contributed by atoms with Crippen molar-refractivity contribution in [3.8, 4) is 0 Å². The molecule has 0 fully saturated rings. The number of oxazole rings is 1. The van der Waals surface area contributed by atoms with Gasteiger partial charge in [0.2, 0.25) is 5.91 Å². The minimum Gasteiger partial charge on any atom is -0.444 e. The zero-order valence-corrected chi connectivity index (χ0v) is 35.8. The molecule has 0 spiro atoms. The van der Waals surface area contributed by atoms with Crippen LogP contribution in [0.25, 0.3) is 11.1 Å². The van der Waals surface area contributed by atoms with Gasteiger partial charge in [0.15, 0.2) is 5.58 Å². The van der Waals surface area contributed by atoms with Gasteiger partial charge in [0.25, 0.3) is 6.01 Å². The molecule has 61 heavy (non-hydrogen) atoms. The van der Waals surface area contributed by atoms with Crippen LogP contribution in [0, 0.1) is 0 Å². The molecule has 0 bridgehead atoms. The first-order valence-electron chi connectivity index (χ1n) is 20.8. The zero-order valence-electron chi connectivity index (χ0n) is 35.8. The Hall–Kier alpha value is -4.45. The fraction of sp³-hybridized carbons (Fsp3) is 0.675. The van der Waals surface area contributed by atoms with Crippen LogP contribution >= 0.6 is 0 Å². The van der Waals surface area contributed by atoms with Gasteiger partial charge in [-0.15, -0.1) is 0 Å². The summed E-state index contributed by atoms with van der Waals surface area (Å²) in [4.78, 5) is 36.7. The van der Waals surface area contributed by atoms with Gasteiger partial charge in [0, 0.05) is 43.4 Å². The number of nitrogen functional groups attached to an aromatic ring is 2. The number of benzene rings is 1. The number of hydrogen-bond donors (Lipinski definition) is 5. The Morgan fingerprint density at radius 2 is 1.30 bits per heavy atom. The van der Waals surface area contributed by atoms with Crippen molar-refractivity contribution in [1.82, 2.24) is 30.6 Å². The highest BCUT2D eigenvalue weighted by molar-refractivity contribution is 5.89. The highest BCUT2D eigenvalue weighted by Crippen LogP contribution is 2.42. The number of rotatable bonds is 33. The number of hydrazine groups is 1. The molecule has 21 nitrogen and oxygen atoms in total. The van der Waals surface area contributed by atoms with Crippen molar-refractivity contribution < 1.29 is 56.6 Å². The predicted molar refractivity (Wildman–Crippen MR) is 225 cm³/mol. The molecule has 342 valence electrons. The SMILES string of the molecule is CC(C)(C)OC(=O)NCCOCCOCCOCCOCCOCCOCCOCCOCCC(=O)NCCCCN1Nc2ncncc2C1c1ccc2oc(N)nc2c1N. The van der Waals surface area contributed by atoms with E-state index < -0.39 is 11.7 Å². The second kappa shape index (κ2) is 28.2. The lowest BCUT2D eigenvalue weighted by Gasteiger charge is -2.25. The van der Waals surface area contributed by atoms with E-state index in [1.54, 1.807) is 6.20 Å². The third kappa shape index (κ3) is 19.4. The van der Waals surface area contributed by atoms with Crippen LogP contribution in [-0.4, -0.2) is 163 Å². The van der Waals surface area contributed by atoms with Crippen molar-refractivity contribution >= 4 is 40.6 Å². The summed E-state index contributed by atoms with van der Waals surface area (Å²) in [7, 11) is 0. The van der Waals surface area contributed by atoms with Gasteiger partial charge in [-0.3, -0.25) is 4.79 Å². The Morgan fingerprint density at radius 1 is 0.738 bits per heavy atom. The fourth-order valence-electron chi connectivity index (χ4n) is 5.88. The summed E-state index contributed by atoms with van der Waals surface area (Å²) in [5, 5.41) is 7.65. The van der Waals surface area contributed by atoms with E-state index in [9.17, 15) is 9.59 Å². The van der Waals surface area contributed by atoms with Crippen LogP contribution in [0.15, 0.2) is 29.1 Å². The van der Waals surface area contributed by atoms with Gasteiger partial charge >= 0.3 is 6.09 Å². The minimum absolute atomic E-state index is 0.0616. The summed E-state index contributed by atoms with van der Waals surface area (Å²) in [6.45, 7) is 14.0. The second-order valence-electron chi connectivity index (χ2n) is 14.6. The van der Waals surface area contributed by atoms with E-state index >= 15 is 0 Å². The number of unbranched alkanes of at least 4 members (excludes halogenated alkanes) is 1. The molecule has 0 aliphatic carbocycles. The first kappa shape index (κ1) is 49.2. The molecule has 2 amide bonds. The summed E-state index contributed by atoms with van der Waals surface area (Å²) in [5.74, 6) is 0.654. The number of hydrogen-bond acceptors (Lipinski definition) is 19. The largest absolute Gasteiger partial charge is 0.444 e. The van der Waals surface area contributed by atoms with Crippen molar-refractivity contribution in [3.05, 3.63) is 35.8 Å². The van der Waals surface area contributed by atoms with E-state index in [2.05, 4.69) is 36.0 Å². The Morgan fingerprint density at radius 3 is 1.87 bits per heavy atom. The van der Waals surface area contributed by atoms with Gasteiger partial charge in [-0.1, -0.05) is 6.07 Å². The van der Waals surface area contributed by atoms with Crippen LogP contribution in [0.4, 0.5) is 22.3 Å². The first-order valence-corrected chi connectivity index (χ1v) is 20.8. The molecule has 3 aromatic rings. The standard InChI is InChI=1S/C40H65N9O12/c1-40(2,3)61-39(51)45-10-13-53-15-17-55-19-21-57-23-25-59-27-26-58-24-22-56-20-18-54-16-14-52-12-8-33(50)44-9-4-5-11-49-36(31-28-43-29-46-37(31)48-49)30-6-7-32-35(34(30)41)47-38(42)60-32/h6-7,28-29,36H,4-5,8-27,41H2,1-3H3,(H2,42,47)(H,44,50)(H,45,51)(H,43,46,48). The number of ether oxygens (including phenoxy) is 9. The Balaban J connectivity index is 0.859. The van der Waals surface area contributed by atoms with E-state index in [1.165, 1.54) is 6.33 Å². The third-order valence-corrected chi connectivity index (χ3v) is 8.68. The molecule has 0 radical (unpaired) electrons.